The summed E-state index contributed by atoms with van der Waals surface area (Å²) in [5.41, 5.74) is 8.46. The standard InChI is InChI=1S/C40H24BrNS/c41-35-11-5-3-8-30(35)27-15-13-25(14-16-27)28-17-20-33-32-10-4-6-12-36(32)42(37(33)23-28)29-19-22-38-34(24-29)40-31-9-2-1-7-26(31)18-21-39(40)43-38/h1-24H. The minimum atomic E-state index is 1.11. The number of thiophene rings is 1. The summed E-state index contributed by atoms with van der Waals surface area (Å²) in [5.74, 6) is 0. The quantitative estimate of drug-likeness (QED) is 0.183. The van der Waals surface area contributed by atoms with Gasteiger partial charge in [-0.2, -0.15) is 0 Å². The summed E-state index contributed by atoms with van der Waals surface area (Å²) in [6, 6.07) is 53.2. The summed E-state index contributed by atoms with van der Waals surface area (Å²) in [7, 11) is 0. The van der Waals surface area contributed by atoms with Gasteiger partial charge in [-0.25, -0.2) is 0 Å². The van der Waals surface area contributed by atoms with Gasteiger partial charge in [-0.3, -0.25) is 0 Å². The van der Waals surface area contributed by atoms with Gasteiger partial charge in [0.25, 0.3) is 0 Å². The number of rotatable bonds is 3. The van der Waals surface area contributed by atoms with Gasteiger partial charge in [0.05, 0.1) is 11.0 Å². The Bertz CT molecular complexity index is 2520. The van der Waals surface area contributed by atoms with E-state index in [0.29, 0.717) is 0 Å². The lowest BCUT2D eigenvalue weighted by atomic mass is 9.99. The molecule has 0 aliphatic carbocycles. The zero-order chi connectivity index (χ0) is 28.5. The second kappa shape index (κ2) is 9.67. The van der Waals surface area contributed by atoms with E-state index in [9.17, 15) is 0 Å². The molecule has 0 saturated heterocycles. The lowest BCUT2D eigenvalue weighted by Crippen LogP contribution is -1.93. The third-order valence-corrected chi connectivity index (χ3v) is 10.5. The molecule has 0 atom stereocenters. The zero-order valence-corrected chi connectivity index (χ0v) is 25.5. The fourth-order valence-corrected chi connectivity index (χ4v) is 8.26. The van der Waals surface area contributed by atoms with Gasteiger partial charge in [0.2, 0.25) is 0 Å². The predicted molar refractivity (Wildman–Crippen MR) is 190 cm³/mol. The summed E-state index contributed by atoms with van der Waals surface area (Å²) in [5, 5.41) is 7.82. The first kappa shape index (κ1) is 24.9. The van der Waals surface area contributed by atoms with Gasteiger partial charge in [0, 0.05) is 41.1 Å². The molecule has 202 valence electrons. The van der Waals surface area contributed by atoms with Crippen LogP contribution >= 0.6 is 27.3 Å². The molecule has 0 fully saturated rings. The monoisotopic (exact) mass is 629 g/mol. The molecule has 9 aromatic rings. The van der Waals surface area contributed by atoms with Crippen molar-refractivity contribution in [3.63, 3.8) is 0 Å². The fraction of sp³-hybridized carbons (Fsp3) is 0. The molecule has 0 amide bonds. The van der Waals surface area contributed by atoms with E-state index in [0.717, 1.165) is 4.47 Å². The smallest absolute Gasteiger partial charge is 0.0547 e. The van der Waals surface area contributed by atoms with Crippen LogP contribution in [0, 0.1) is 0 Å². The largest absolute Gasteiger partial charge is 0.309 e. The van der Waals surface area contributed by atoms with Gasteiger partial charge < -0.3 is 4.57 Å². The van der Waals surface area contributed by atoms with Crippen molar-refractivity contribution in [3.05, 3.63) is 150 Å². The van der Waals surface area contributed by atoms with E-state index in [4.69, 9.17) is 0 Å². The Morgan fingerprint density at radius 1 is 0.465 bits per heavy atom. The highest BCUT2D eigenvalue weighted by atomic mass is 79.9. The molecule has 0 radical (unpaired) electrons. The van der Waals surface area contributed by atoms with Crippen LogP contribution in [0.1, 0.15) is 0 Å². The van der Waals surface area contributed by atoms with Crippen molar-refractivity contribution >= 4 is 80.0 Å². The lowest BCUT2D eigenvalue weighted by molar-refractivity contribution is 1.19. The zero-order valence-electron chi connectivity index (χ0n) is 23.1. The van der Waals surface area contributed by atoms with Crippen LogP contribution in [0.2, 0.25) is 0 Å². The first-order valence-corrected chi connectivity index (χ1v) is 16.1. The van der Waals surface area contributed by atoms with Crippen LogP contribution < -0.4 is 0 Å². The Kier molecular flexibility index (Phi) is 5.59. The van der Waals surface area contributed by atoms with Crippen molar-refractivity contribution in [1.29, 1.82) is 0 Å². The normalized spacial score (nSPS) is 11.8. The first-order chi connectivity index (χ1) is 21.2. The number of hydrogen-bond acceptors (Lipinski definition) is 1. The number of hydrogen-bond donors (Lipinski definition) is 0. The Balaban J connectivity index is 1.25. The van der Waals surface area contributed by atoms with E-state index < -0.39 is 0 Å². The average Bonchev–Trinajstić information content (AvgIpc) is 3.60. The number of fused-ring (bicyclic) bond motifs is 8. The fourth-order valence-electron chi connectivity index (χ4n) is 6.64. The van der Waals surface area contributed by atoms with E-state index in [1.807, 2.05) is 11.3 Å². The molecule has 7 aromatic carbocycles. The van der Waals surface area contributed by atoms with Crippen molar-refractivity contribution in [2.75, 3.05) is 0 Å². The maximum absolute atomic E-state index is 3.71. The molecule has 2 aromatic heterocycles. The minimum Gasteiger partial charge on any atom is -0.309 e. The SMILES string of the molecule is Brc1ccccc1-c1ccc(-c2ccc3c4ccccc4n(-c4ccc5sc6ccc7ccccc7c6c5c4)c3c2)cc1. The van der Waals surface area contributed by atoms with Crippen LogP contribution in [0.15, 0.2) is 150 Å². The van der Waals surface area contributed by atoms with Crippen LogP contribution in [-0.2, 0) is 0 Å². The molecule has 9 rings (SSSR count). The highest BCUT2D eigenvalue weighted by molar-refractivity contribution is 9.10. The molecule has 0 bridgehead atoms. The summed E-state index contributed by atoms with van der Waals surface area (Å²) >= 11 is 5.58. The van der Waals surface area contributed by atoms with E-state index in [1.165, 1.54) is 80.7 Å². The maximum Gasteiger partial charge on any atom is 0.0547 e. The van der Waals surface area contributed by atoms with Crippen molar-refractivity contribution in [2.45, 2.75) is 0 Å². The van der Waals surface area contributed by atoms with Crippen molar-refractivity contribution in [3.8, 4) is 27.9 Å². The summed E-state index contributed by atoms with van der Waals surface area (Å²) in [4.78, 5) is 0. The molecule has 3 heteroatoms. The second-order valence-corrected chi connectivity index (χ2v) is 13.0. The van der Waals surface area contributed by atoms with Crippen molar-refractivity contribution < 1.29 is 0 Å². The summed E-state index contributed by atoms with van der Waals surface area (Å²) in [6.07, 6.45) is 0. The molecule has 43 heavy (non-hydrogen) atoms. The molecule has 0 aliphatic rings. The van der Waals surface area contributed by atoms with Gasteiger partial charge in [-0.1, -0.05) is 119 Å². The maximum atomic E-state index is 3.71. The second-order valence-electron chi connectivity index (χ2n) is 11.1. The summed E-state index contributed by atoms with van der Waals surface area (Å²) < 4.78 is 6.21. The Morgan fingerprint density at radius 2 is 1.16 bits per heavy atom. The summed E-state index contributed by atoms with van der Waals surface area (Å²) in [6.45, 7) is 0. The van der Waals surface area contributed by atoms with E-state index in [-0.39, 0.29) is 0 Å². The highest BCUT2D eigenvalue weighted by Gasteiger charge is 2.16. The van der Waals surface area contributed by atoms with E-state index in [2.05, 4.69) is 166 Å². The minimum absolute atomic E-state index is 1.11. The predicted octanol–water partition coefficient (Wildman–Crippen LogP) is 12.4. The Labute approximate surface area is 261 Å². The topological polar surface area (TPSA) is 4.93 Å². The molecule has 0 spiro atoms. The van der Waals surface area contributed by atoms with E-state index >= 15 is 0 Å². The molecular weight excluding hydrogens is 606 g/mol. The third kappa shape index (κ3) is 3.89. The molecule has 1 nitrogen and oxygen atoms in total. The average molecular weight is 631 g/mol. The van der Waals surface area contributed by atoms with Crippen molar-refractivity contribution in [2.24, 2.45) is 0 Å². The number of para-hydroxylation sites is 1. The number of aromatic nitrogens is 1. The van der Waals surface area contributed by atoms with Crippen LogP contribution in [0.3, 0.4) is 0 Å². The van der Waals surface area contributed by atoms with Crippen LogP contribution in [0.5, 0.6) is 0 Å². The first-order valence-electron chi connectivity index (χ1n) is 14.5. The number of halogens is 1. The number of nitrogens with zero attached hydrogens (tertiary/aromatic N) is 1. The Hall–Kier alpha value is -4.70. The number of benzene rings is 7. The van der Waals surface area contributed by atoms with E-state index in [1.54, 1.807) is 0 Å². The molecule has 2 heterocycles. The van der Waals surface area contributed by atoms with Crippen LogP contribution in [0.25, 0.3) is 80.7 Å². The van der Waals surface area contributed by atoms with Crippen LogP contribution in [-0.4, -0.2) is 4.57 Å². The molecule has 0 saturated carbocycles. The van der Waals surface area contributed by atoms with Gasteiger partial charge in [0.1, 0.15) is 0 Å². The van der Waals surface area contributed by atoms with Crippen molar-refractivity contribution in [1.82, 2.24) is 4.57 Å². The van der Waals surface area contributed by atoms with Gasteiger partial charge in [0.15, 0.2) is 0 Å². The molecular formula is C40H24BrNS. The van der Waals surface area contributed by atoms with Gasteiger partial charge >= 0.3 is 0 Å². The molecule has 0 N–H and O–H groups in total. The lowest BCUT2D eigenvalue weighted by Gasteiger charge is -2.10. The van der Waals surface area contributed by atoms with Crippen LogP contribution in [0.4, 0.5) is 0 Å². The van der Waals surface area contributed by atoms with Gasteiger partial charge in [-0.05, 0) is 75.5 Å². The third-order valence-electron chi connectivity index (χ3n) is 8.68. The molecule has 0 unspecified atom stereocenters. The molecule has 0 aliphatic heterocycles. The van der Waals surface area contributed by atoms with Gasteiger partial charge in [-0.15, -0.1) is 11.3 Å². The highest BCUT2D eigenvalue weighted by Crippen LogP contribution is 2.41. The Morgan fingerprint density at radius 3 is 2.05 bits per heavy atom.